The highest BCUT2D eigenvalue weighted by Crippen LogP contribution is 2.24. The van der Waals surface area contributed by atoms with Gasteiger partial charge < -0.3 is 29.3 Å². The van der Waals surface area contributed by atoms with Crippen molar-refractivity contribution >= 4 is 35.4 Å². The molecular weight excluding hydrogens is 592 g/mol. The number of rotatable bonds is 15. The van der Waals surface area contributed by atoms with Gasteiger partial charge in [0.1, 0.15) is 23.3 Å². The molecule has 0 radical (unpaired) electrons. The van der Waals surface area contributed by atoms with Crippen molar-refractivity contribution < 1.29 is 38.2 Å². The smallest absolute Gasteiger partial charge is 0.407 e. The topological polar surface area (TPSA) is 144 Å². The number of carbonyl (C=O) groups is 5. The number of alkyl carbamates (subject to hydrolysis) is 1. The van der Waals surface area contributed by atoms with E-state index >= 15 is 0 Å². The Bertz CT molecular complexity index is 1190. The van der Waals surface area contributed by atoms with Gasteiger partial charge in [-0.15, -0.1) is 0 Å². The maximum absolute atomic E-state index is 14.1. The lowest BCUT2D eigenvalue weighted by Gasteiger charge is -2.31. The van der Waals surface area contributed by atoms with E-state index in [1.54, 1.807) is 60.6 Å². The number of unbranched alkanes of at least 4 members (excludes halogenated alkanes) is 1. The molecule has 1 aromatic carbocycles. The minimum atomic E-state index is -1.10. The van der Waals surface area contributed by atoms with Crippen molar-refractivity contribution in [1.29, 1.82) is 0 Å². The Morgan fingerprint density at radius 3 is 2.13 bits per heavy atom. The van der Waals surface area contributed by atoms with Gasteiger partial charge in [-0.25, -0.2) is 9.59 Å². The normalized spacial score (nSPS) is 16.3. The molecule has 2 rings (SSSR count). The van der Waals surface area contributed by atoms with Crippen molar-refractivity contribution in [1.82, 2.24) is 15.5 Å². The fourth-order valence-electron chi connectivity index (χ4n) is 5.05. The molecule has 1 saturated heterocycles. The maximum atomic E-state index is 14.1. The second kappa shape index (κ2) is 17.3. The summed E-state index contributed by atoms with van der Waals surface area (Å²) < 4.78 is 16.2. The van der Waals surface area contributed by atoms with Gasteiger partial charge >= 0.3 is 18.0 Å². The molecule has 0 spiro atoms. The van der Waals surface area contributed by atoms with E-state index in [0.29, 0.717) is 44.3 Å². The van der Waals surface area contributed by atoms with Crippen molar-refractivity contribution in [2.75, 3.05) is 38.7 Å². The molecule has 1 aliphatic rings. The average Bonchev–Trinajstić information content (AvgIpc) is 3.44. The summed E-state index contributed by atoms with van der Waals surface area (Å²) in [5.41, 5.74) is 0.0172. The summed E-state index contributed by atoms with van der Waals surface area (Å²) in [6, 6.07) is 4.30. The first-order chi connectivity index (χ1) is 21.4. The number of anilines is 1. The monoisotopic (exact) mass is 646 g/mol. The van der Waals surface area contributed by atoms with Crippen LogP contribution in [0.5, 0.6) is 0 Å². The number of Topliss-reactive ketones (excluding diaryl/α,β-unsaturated/α-hetero) is 1. The van der Waals surface area contributed by atoms with Crippen molar-refractivity contribution in [2.24, 2.45) is 0 Å². The van der Waals surface area contributed by atoms with Crippen LogP contribution in [0.2, 0.25) is 0 Å². The van der Waals surface area contributed by atoms with E-state index in [9.17, 15) is 24.0 Å². The highest BCUT2D eigenvalue weighted by molar-refractivity contribution is 5.99. The fraction of sp³-hybridized carbons (Fsp3) is 0.676. The number of ether oxygens (including phenoxy) is 3. The van der Waals surface area contributed by atoms with Crippen molar-refractivity contribution in [3.05, 3.63) is 29.8 Å². The van der Waals surface area contributed by atoms with E-state index in [-0.39, 0.29) is 31.1 Å². The predicted molar refractivity (Wildman–Crippen MR) is 176 cm³/mol. The van der Waals surface area contributed by atoms with Crippen LogP contribution in [0.4, 0.5) is 10.5 Å². The van der Waals surface area contributed by atoms with Crippen LogP contribution in [0.1, 0.15) is 97.3 Å². The molecule has 12 nitrogen and oxygen atoms in total. The lowest BCUT2D eigenvalue weighted by Crippen LogP contribution is -2.55. The Labute approximate surface area is 273 Å². The number of nitrogens with one attached hydrogen (secondary N) is 2. The molecule has 1 aliphatic heterocycles. The summed E-state index contributed by atoms with van der Waals surface area (Å²) in [5.74, 6) is -1.76. The zero-order valence-corrected chi connectivity index (χ0v) is 29.1. The summed E-state index contributed by atoms with van der Waals surface area (Å²) >= 11 is 0. The van der Waals surface area contributed by atoms with Gasteiger partial charge in [-0.2, -0.15) is 0 Å². The van der Waals surface area contributed by atoms with Gasteiger partial charge in [0, 0.05) is 44.9 Å². The minimum absolute atomic E-state index is 0.102. The predicted octanol–water partition coefficient (Wildman–Crippen LogP) is 4.24. The van der Waals surface area contributed by atoms with Gasteiger partial charge in [-0.1, -0.05) is 0 Å². The molecule has 1 aromatic rings. The second-order valence-corrected chi connectivity index (χ2v) is 13.7. The highest BCUT2D eigenvalue weighted by Gasteiger charge is 2.40. The lowest BCUT2D eigenvalue weighted by atomic mass is 10.0. The molecule has 2 amide bonds. The van der Waals surface area contributed by atoms with Crippen LogP contribution in [0.3, 0.4) is 0 Å². The third-order valence-corrected chi connectivity index (χ3v) is 7.17. The standard InChI is InChI=1S/C34H54N4O8/c1-10-44-30(41)26(22-28(39)23-16-18-24(19-17-23)37(8)9)36-25(14-11-12-20-35-32(43)46-34(5,6)7)29(40)38-21-13-15-27(38)31(42)45-33(2,3)4/h16-19,25-27,36H,10-15,20-22H2,1-9H3,(H,35,43)/t25-,26?,27-/m0/s1. The number of likely N-dealkylation sites (tertiary alicyclic amines) is 1. The van der Waals surface area contributed by atoms with E-state index in [0.717, 1.165) is 5.69 Å². The lowest BCUT2D eigenvalue weighted by molar-refractivity contribution is -0.163. The van der Waals surface area contributed by atoms with Gasteiger partial charge in [-0.05, 0) is 105 Å². The Balaban J connectivity index is 2.25. The van der Waals surface area contributed by atoms with E-state index in [1.165, 1.54) is 4.90 Å². The SMILES string of the molecule is CCOC(=O)C(CC(=O)c1ccc(N(C)C)cc1)N[C@@H](CCCCNC(=O)OC(C)(C)C)C(=O)N1CCC[C@H]1C(=O)OC(C)(C)C. The zero-order chi connectivity index (χ0) is 34.7. The third-order valence-electron chi connectivity index (χ3n) is 7.17. The first-order valence-electron chi connectivity index (χ1n) is 16.1. The maximum Gasteiger partial charge on any atom is 0.407 e. The number of ketones is 1. The molecule has 258 valence electrons. The molecule has 0 saturated carbocycles. The number of hydrogen-bond acceptors (Lipinski definition) is 10. The molecule has 46 heavy (non-hydrogen) atoms. The van der Waals surface area contributed by atoms with Crippen LogP contribution in [0.25, 0.3) is 0 Å². The van der Waals surface area contributed by atoms with Gasteiger partial charge in [0.05, 0.1) is 12.6 Å². The number of nitrogens with zero attached hydrogens (tertiary/aromatic N) is 2. The summed E-state index contributed by atoms with van der Waals surface area (Å²) in [7, 11) is 3.80. The first-order valence-corrected chi connectivity index (χ1v) is 16.1. The van der Waals surface area contributed by atoms with Crippen LogP contribution in [-0.4, -0.2) is 97.7 Å². The van der Waals surface area contributed by atoms with E-state index in [2.05, 4.69) is 10.6 Å². The number of esters is 2. The molecule has 12 heteroatoms. The quantitative estimate of drug-likeness (QED) is 0.123. The number of hydrogen-bond donors (Lipinski definition) is 2. The molecular formula is C34H54N4O8. The van der Waals surface area contributed by atoms with Crippen LogP contribution in [0.15, 0.2) is 24.3 Å². The van der Waals surface area contributed by atoms with Crippen LogP contribution in [0, 0.1) is 0 Å². The second-order valence-electron chi connectivity index (χ2n) is 13.7. The molecule has 1 unspecified atom stereocenters. The number of amides is 2. The molecule has 0 aliphatic carbocycles. The largest absolute Gasteiger partial charge is 0.465 e. The highest BCUT2D eigenvalue weighted by atomic mass is 16.6. The van der Waals surface area contributed by atoms with E-state index in [4.69, 9.17) is 14.2 Å². The first kappa shape index (κ1) is 38.5. The Hall–Kier alpha value is -3.67. The van der Waals surface area contributed by atoms with Crippen molar-refractivity contribution in [2.45, 2.75) is 116 Å². The van der Waals surface area contributed by atoms with E-state index in [1.807, 2.05) is 31.1 Å². The Kier molecular flexibility index (Phi) is 14.5. The molecule has 1 fully saturated rings. The van der Waals surface area contributed by atoms with Crippen LogP contribution >= 0.6 is 0 Å². The van der Waals surface area contributed by atoms with Gasteiger partial charge in [-0.3, -0.25) is 19.7 Å². The fourth-order valence-corrected chi connectivity index (χ4v) is 5.05. The summed E-state index contributed by atoms with van der Waals surface area (Å²) in [4.78, 5) is 69.0. The molecule has 0 bridgehead atoms. The van der Waals surface area contributed by atoms with Gasteiger partial charge in [0.25, 0.3) is 0 Å². The Morgan fingerprint density at radius 1 is 0.935 bits per heavy atom. The molecule has 1 heterocycles. The van der Waals surface area contributed by atoms with Gasteiger partial charge in [0.2, 0.25) is 5.91 Å². The summed E-state index contributed by atoms with van der Waals surface area (Å²) in [6.07, 6.45) is 1.66. The molecule has 3 atom stereocenters. The van der Waals surface area contributed by atoms with E-state index < -0.39 is 47.4 Å². The summed E-state index contributed by atoms with van der Waals surface area (Å²) in [5, 5.41) is 5.84. The molecule has 2 N–H and O–H groups in total. The average molecular weight is 647 g/mol. The zero-order valence-electron chi connectivity index (χ0n) is 29.1. The minimum Gasteiger partial charge on any atom is -0.465 e. The van der Waals surface area contributed by atoms with Crippen LogP contribution in [-0.2, 0) is 28.6 Å². The van der Waals surface area contributed by atoms with Crippen molar-refractivity contribution in [3.63, 3.8) is 0 Å². The number of carbonyl (C=O) groups excluding carboxylic acids is 5. The van der Waals surface area contributed by atoms with Crippen LogP contribution < -0.4 is 15.5 Å². The number of benzene rings is 1. The molecule has 0 aromatic heterocycles. The summed E-state index contributed by atoms with van der Waals surface area (Å²) in [6.45, 7) is 13.1. The third kappa shape index (κ3) is 13.0. The van der Waals surface area contributed by atoms with Crippen molar-refractivity contribution in [3.8, 4) is 0 Å². The Morgan fingerprint density at radius 2 is 1.57 bits per heavy atom. The van der Waals surface area contributed by atoms with Gasteiger partial charge in [0.15, 0.2) is 5.78 Å².